The summed E-state index contributed by atoms with van der Waals surface area (Å²) >= 11 is 1.32. The second-order valence-electron chi connectivity index (χ2n) is 5.32. The monoisotopic (exact) mass is 312 g/mol. The molecule has 0 bridgehead atoms. The summed E-state index contributed by atoms with van der Waals surface area (Å²) in [7, 11) is 0. The molecule has 0 aliphatic carbocycles. The summed E-state index contributed by atoms with van der Waals surface area (Å²) in [6.45, 7) is 3.73. The van der Waals surface area contributed by atoms with Crippen molar-refractivity contribution in [1.29, 1.82) is 0 Å². The fourth-order valence-electron chi connectivity index (χ4n) is 2.64. The van der Waals surface area contributed by atoms with Crippen LogP contribution in [-0.4, -0.2) is 46.6 Å². The van der Waals surface area contributed by atoms with Crippen molar-refractivity contribution in [2.45, 2.75) is 45.1 Å². The van der Waals surface area contributed by atoms with Gasteiger partial charge in [-0.2, -0.15) is 0 Å². The molecule has 1 aromatic rings. The van der Waals surface area contributed by atoms with Gasteiger partial charge < -0.3 is 21.1 Å². The summed E-state index contributed by atoms with van der Waals surface area (Å²) in [5, 5.41) is 13.0. The maximum absolute atomic E-state index is 12.7. The van der Waals surface area contributed by atoms with Crippen LogP contribution in [0.2, 0.25) is 0 Å². The molecule has 1 fully saturated rings. The highest BCUT2D eigenvalue weighted by atomic mass is 32.1. The summed E-state index contributed by atoms with van der Waals surface area (Å²) in [6, 6.07) is 0.116. The molecule has 0 saturated carbocycles. The highest BCUT2D eigenvalue weighted by Crippen LogP contribution is 2.29. The molecule has 1 aliphatic rings. The van der Waals surface area contributed by atoms with E-state index in [2.05, 4.69) is 17.2 Å². The average Bonchev–Trinajstić information content (AvgIpc) is 2.86. The van der Waals surface area contributed by atoms with Gasteiger partial charge in [0.05, 0.1) is 0 Å². The second-order valence-corrected chi connectivity index (χ2v) is 6.32. The zero-order valence-corrected chi connectivity index (χ0v) is 13.3. The molecule has 21 heavy (non-hydrogen) atoms. The number of nitrogen functional groups attached to an aromatic ring is 1. The maximum Gasteiger partial charge on any atom is 0.268 e. The fourth-order valence-corrected chi connectivity index (χ4v) is 3.51. The number of thiazole rings is 1. The van der Waals surface area contributed by atoms with Crippen LogP contribution in [0.5, 0.6) is 0 Å². The Hall–Kier alpha value is -1.34. The number of aromatic nitrogens is 1. The van der Waals surface area contributed by atoms with Crippen LogP contribution in [0, 0.1) is 0 Å². The number of likely N-dealkylation sites (tertiary alicyclic amines) is 1. The molecule has 0 aromatic carbocycles. The first-order valence-electron chi connectivity index (χ1n) is 7.59. The summed E-state index contributed by atoms with van der Waals surface area (Å²) < 4.78 is 0. The minimum absolute atomic E-state index is 0.0484. The summed E-state index contributed by atoms with van der Waals surface area (Å²) in [5.74, 6) is 0.254. The van der Waals surface area contributed by atoms with Gasteiger partial charge in [0, 0.05) is 25.7 Å². The highest BCUT2D eigenvalue weighted by molar-refractivity contribution is 7.18. The van der Waals surface area contributed by atoms with Crippen molar-refractivity contribution in [3.63, 3.8) is 0 Å². The topological polar surface area (TPSA) is 91.5 Å². The van der Waals surface area contributed by atoms with E-state index in [0.29, 0.717) is 22.2 Å². The predicted octanol–water partition coefficient (Wildman–Crippen LogP) is 1.92. The molecule has 7 heteroatoms. The Labute approximate surface area is 129 Å². The number of piperidine rings is 1. The smallest absolute Gasteiger partial charge is 0.268 e. The van der Waals surface area contributed by atoms with Crippen LogP contribution in [0.3, 0.4) is 0 Å². The number of hydrogen-bond donors (Lipinski definition) is 3. The number of carbonyl (C=O) groups excluding carboxylic acids is 1. The third-order valence-corrected chi connectivity index (χ3v) is 4.74. The zero-order valence-electron chi connectivity index (χ0n) is 12.5. The minimum Gasteiger partial charge on any atom is -0.396 e. The Kier molecular flexibility index (Phi) is 5.81. The third-order valence-electron chi connectivity index (χ3n) is 3.72. The SMILES string of the molecule is CCCNc1nc(N)c(C(=O)N2CCCCC2CCO)s1. The van der Waals surface area contributed by atoms with Gasteiger partial charge in [-0.1, -0.05) is 18.3 Å². The van der Waals surface area contributed by atoms with E-state index in [9.17, 15) is 4.79 Å². The van der Waals surface area contributed by atoms with Gasteiger partial charge in [-0.15, -0.1) is 0 Å². The molecule has 4 N–H and O–H groups in total. The van der Waals surface area contributed by atoms with Gasteiger partial charge in [0.15, 0.2) is 5.13 Å². The van der Waals surface area contributed by atoms with E-state index in [1.807, 2.05) is 4.90 Å². The second kappa shape index (κ2) is 7.61. The van der Waals surface area contributed by atoms with Crippen molar-refractivity contribution >= 4 is 28.2 Å². The molecular formula is C14H24N4O2S. The number of aliphatic hydroxyl groups excluding tert-OH is 1. The van der Waals surface area contributed by atoms with Crippen LogP contribution in [0.15, 0.2) is 0 Å². The number of amides is 1. The van der Waals surface area contributed by atoms with Gasteiger partial charge in [-0.3, -0.25) is 4.79 Å². The lowest BCUT2D eigenvalue weighted by atomic mass is 9.99. The average molecular weight is 312 g/mol. The number of nitrogens with one attached hydrogen (secondary N) is 1. The highest BCUT2D eigenvalue weighted by Gasteiger charge is 2.29. The molecule has 6 nitrogen and oxygen atoms in total. The van der Waals surface area contributed by atoms with Crippen LogP contribution in [0.4, 0.5) is 10.9 Å². The van der Waals surface area contributed by atoms with E-state index >= 15 is 0 Å². The molecule has 1 aromatic heterocycles. The van der Waals surface area contributed by atoms with E-state index in [0.717, 1.165) is 38.8 Å². The van der Waals surface area contributed by atoms with E-state index in [1.165, 1.54) is 11.3 Å². The van der Waals surface area contributed by atoms with Gasteiger partial charge in [-0.05, 0) is 32.1 Å². The Bertz CT molecular complexity index is 476. The quantitative estimate of drug-likeness (QED) is 0.746. The van der Waals surface area contributed by atoms with Crippen molar-refractivity contribution in [2.24, 2.45) is 0 Å². The first-order valence-corrected chi connectivity index (χ1v) is 8.41. The van der Waals surface area contributed by atoms with Gasteiger partial charge in [0.1, 0.15) is 10.7 Å². The fraction of sp³-hybridized carbons (Fsp3) is 0.714. The number of aliphatic hydroxyl groups is 1. The number of hydrogen-bond acceptors (Lipinski definition) is 6. The summed E-state index contributed by atoms with van der Waals surface area (Å²) in [6.07, 6.45) is 4.69. The molecule has 1 atom stereocenters. The molecule has 2 rings (SSSR count). The van der Waals surface area contributed by atoms with Crippen LogP contribution < -0.4 is 11.1 Å². The standard InChI is InChI=1S/C14H24N4O2S/c1-2-7-16-14-17-12(15)11(21-14)13(20)18-8-4-3-5-10(18)6-9-19/h10,19H,2-9,15H2,1H3,(H,16,17). The summed E-state index contributed by atoms with van der Waals surface area (Å²) in [5.41, 5.74) is 5.90. The summed E-state index contributed by atoms with van der Waals surface area (Å²) in [4.78, 5) is 19.3. The largest absolute Gasteiger partial charge is 0.396 e. The van der Waals surface area contributed by atoms with Crippen LogP contribution in [-0.2, 0) is 0 Å². The molecule has 118 valence electrons. The van der Waals surface area contributed by atoms with Crippen molar-refractivity contribution < 1.29 is 9.90 Å². The molecule has 0 radical (unpaired) electrons. The zero-order chi connectivity index (χ0) is 15.2. The van der Waals surface area contributed by atoms with E-state index in [1.54, 1.807) is 0 Å². The number of nitrogens with zero attached hydrogens (tertiary/aromatic N) is 2. The molecule has 2 heterocycles. The van der Waals surface area contributed by atoms with Crippen LogP contribution >= 0.6 is 11.3 Å². The van der Waals surface area contributed by atoms with Crippen LogP contribution in [0.25, 0.3) is 0 Å². The van der Waals surface area contributed by atoms with Crippen molar-refractivity contribution in [3.8, 4) is 0 Å². The minimum atomic E-state index is -0.0484. The van der Waals surface area contributed by atoms with E-state index in [-0.39, 0.29) is 18.6 Å². The lowest BCUT2D eigenvalue weighted by Gasteiger charge is -2.35. The number of carbonyl (C=O) groups is 1. The molecule has 1 saturated heterocycles. The Morgan fingerprint density at radius 2 is 2.38 bits per heavy atom. The van der Waals surface area contributed by atoms with Crippen molar-refractivity contribution in [3.05, 3.63) is 4.88 Å². The molecule has 0 spiro atoms. The Balaban J connectivity index is 2.12. The maximum atomic E-state index is 12.7. The normalized spacial score (nSPS) is 18.8. The predicted molar refractivity (Wildman–Crippen MR) is 85.7 cm³/mol. The van der Waals surface area contributed by atoms with Gasteiger partial charge in [0.25, 0.3) is 5.91 Å². The molecule has 1 amide bonds. The van der Waals surface area contributed by atoms with Crippen LogP contribution in [0.1, 0.15) is 48.7 Å². The van der Waals surface area contributed by atoms with Crippen molar-refractivity contribution in [1.82, 2.24) is 9.88 Å². The first kappa shape index (κ1) is 16.0. The number of rotatable bonds is 6. The number of anilines is 2. The number of nitrogens with two attached hydrogens (primary N) is 1. The Morgan fingerprint density at radius 3 is 3.10 bits per heavy atom. The first-order chi connectivity index (χ1) is 10.2. The lowest BCUT2D eigenvalue weighted by molar-refractivity contribution is 0.0580. The van der Waals surface area contributed by atoms with Crippen molar-refractivity contribution in [2.75, 3.05) is 30.7 Å². The molecule has 1 aliphatic heterocycles. The third kappa shape index (κ3) is 3.85. The Morgan fingerprint density at radius 1 is 1.57 bits per heavy atom. The van der Waals surface area contributed by atoms with E-state index in [4.69, 9.17) is 10.8 Å². The van der Waals surface area contributed by atoms with Gasteiger partial charge >= 0.3 is 0 Å². The van der Waals surface area contributed by atoms with Gasteiger partial charge in [-0.25, -0.2) is 4.98 Å². The van der Waals surface area contributed by atoms with Gasteiger partial charge in [0.2, 0.25) is 0 Å². The molecule has 1 unspecified atom stereocenters. The van der Waals surface area contributed by atoms with E-state index < -0.39 is 0 Å². The lowest BCUT2D eigenvalue weighted by Crippen LogP contribution is -2.44. The molecular weight excluding hydrogens is 288 g/mol.